The fourth-order valence-corrected chi connectivity index (χ4v) is 3.97. The molecule has 1 saturated carbocycles. The van der Waals surface area contributed by atoms with Crippen molar-refractivity contribution >= 4 is 23.3 Å². The van der Waals surface area contributed by atoms with E-state index in [-0.39, 0.29) is 42.2 Å². The van der Waals surface area contributed by atoms with Crippen molar-refractivity contribution in [2.45, 2.75) is 58.5 Å². The molecule has 0 N–H and O–H groups in total. The Kier molecular flexibility index (Phi) is 6.81. The van der Waals surface area contributed by atoms with Gasteiger partial charge in [0.2, 0.25) is 0 Å². The molecule has 0 saturated heterocycles. The van der Waals surface area contributed by atoms with Crippen molar-refractivity contribution in [1.82, 2.24) is 9.78 Å². The Labute approximate surface area is 174 Å². The predicted molar refractivity (Wildman–Crippen MR) is 110 cm³/mol. The molecule has 0 spiro atoms. The molecule has 3 rings (SSSR count). The molecule has 0 unspecified atom stereocenters. The van der Waals surface area contributed by atoms with Gasteiger partial charge < -0.3 is 9.64 Å². The molecule has 160 valence electrons. The standard InChI is InChI=1S/C21H26N4O5/c1-15-21(25(28)29)16(2)23(22-15)13-20(27)30-14-19(26)24(17-9-5-3-6-10-17)18-11-7-4-8-12-18/h3,5-6,9-10,18H,4,7-8,11-14H2,1-2H3. The summed E-state index contributed by atoms with van der Waals surface area (Å²) in [5, 5.41) is 15.1. The number of aromatic nitrogens is 2. The molecule has 0 bridgehead atoms. The first-order chi connectivity index (χ1) is 14.4. The molecule has 1 aliphatic rings. The molecule has 1 aromatic heterocycles. The molecule has 1 aliphatic carbocycles. The van der Waals surface area contributed by atoms with Crippen LogP contribution in [0.15, 0.2) is 30.3 Å². The lowest BCUT2D eigenvalue weighted by Gasteiger charge is -2.34. The predicted octanol–water partition coefficient (Wildman–Crippen LogP) is 3.32. The SMILES string of the molecule is Cc1nn(CC(=O)OCC(=O)N(c2ccccc2)C2CCCCC2)c(C)c1[N+](=O)[O-]. The lowest BCUT2D eigenvalue weighted by Crippen LogP contribution is -2.44. The number of anilines is 1. The number of hydrogen-bond acceptors (Lipinski definition) is 6. The van der Waals surface area contributed by atoms with Crippen LogP contribution in [0.5, 0.6) is 0 Å². The van der Waals surface area contributed by atoms with Gasteiger partial charge in [0.05, 0.1) is 4.92 Å². The minimum atomic E-state index is -0.666. The first kappa shape index (κ1) is 21.5. The van der Waals surface area contributed by atoms with Crippen LogP contribution in [-0.4, -0.2) is 39.2 Å². The molecule has 2 aromatic rings. The quantitative estimate of drug-likeness (QED) is 0.391. The van der Waals surface area contributed by atoms with Crippen molar-refractivity contribution in [2.75, 3.05) is 11.5 Å². The summed E-state index contributed by atoms with van der Waals surface area (Å²) in [7, 11) is 0. The van der Waals surface area contributed by atoms with Gasteiger partial charge in [-0.3, -0.25) is 24.4 Å². The summed E-state index contributed by atoms with van der Waals surface area (Å²) in [5.41, 5.74) is 1.17. The Morgan fingerprint density at radius 1 is 1.20 bits per heavy atom. The molecule has 9 nitrogen and oxygen atoms in total. The van der Waals surface area contributed by atoms with Crippen molar-refractivity contribution in [3.8, 4) is 0 Å². The van der Waals surface area contributed by atoms with Crippen LogP contribution < -0.4 is 4.90 Å². The molecule has 0 radical (unpaired) electrons. The van der Waals surface area contributed by atoms with Crippen molar-refractivity contribution < 1.29 is 19.2 Å². The van der Waals surface area contributed by atoms with Crippen LogP contribution in [-0.2, 0) is 20.9 Å². The number of hydrogen-bond donors (Lipinski definition) is 0. The van der Waals surface area contributed by atoms with E-state index < -0.39 is 10.9 Å². The summed E-state index contributed by atoms with van der Waals surface area (Å²) < 4.78 is 6.44. The smallest absolute Gasteiger partial charge is 0.328 e. The number of carbonyl (C=O) groups is 2. The van der Waals surface area contributed by atoms with Gasteiger partial charge in [0.1, 0.15) is 17.9 Å². The monoisotopic (exact) mass is 414 g/mol. The van der Waals surface area contributed by atoms with E-state index >= 15 is 0 Å². The van der Waals surface area contributed by atoms with E-state index in [4.69, 9.17) is 4.74 Å². The van der Waals surface area contributed by atoms with E-state index in [1.54, 1.807) is 4.90 Å². The second-order valence-electron chi connectivity index (χ2n) is 7.49. The number of nitro groups is 1. The Hall–Kier alpha value is -3.23. The van der Waals surface area contributed by atoms with E-state index in [2.05, 4.69) is 5.10 Å². The third kappa shape index (κ3) is 4.84. The largest absolute Gasteiger partial charge is 0.454 e. The maximum absolute atomic E-state index is 13.0. The van der Waals surface area contributed by atoms with Crippen LogP contribution in [0.4, 0.5) is 11.4 Å². The minimum absolute atomic E-state index is 0.0889. The zero-order valence-corrected chi connectivity index (χ0v) is 17.2. The van der Waals surface area contributed by atoms with Gasteiger partial charge in [0.15, 0.2) is 6.61 Å². The topological polar surface area (TPSA) is 108 Å². The van der Waals surface area contributed by atoms with Crippen LogP contribution in [0.3, 0.4) is 0 Å². The van der Waals surface area contributed by atoms with E-state index in [1.807, 2.05) is 30.3 Å². The number of nitrogens with zero attached hydrogens (tertiary/aromatic N) is 4. The van der Waals surface area contributed by atoms with Gasteiger partial charge in [-0.2, -0.15) is 5.10 Å². The summed E-state index contributed by atoms with van der Waals surface area (Å²) in [6, 6.07) is 9.49. The summed E-state index contributed by atoms with van der Waals surface area (Å²) in [5.74, 6) is -0.943. The molecule has 1 heterocycles. The van der Waals surface area contributed by atoms with Crippen molar-refractivity contribution in [3.05, 3.63) is 51.8 Å². The number of benzene rings is 1. The van der Waals surface area contributed by atoms with Gasteiger partial charge in [-0.15, -0.1) is 0 Å². The Balaban J connectivity index is 1.66. The Morgan fingerprint density at radius 3 is 2.47 bits per heavy atom. The first-order valence-electron chi connectivity index (χ1n) is 10.1. The number of para-hydroxylation sites is 1. The average molecular weight is 414 g/mol. The fraction of sp³-hybridized carbons (Fsp3) is 0.476. The van der Waals surface area contributed by atoms with Gasteiger partial charge in [0.25, 0.3) is 5.91 Å². The molecular formula is C21H26N4O5. The van der Waals surface area contributed by atoms with E-state index in [0.29, 0.717) is 0 Å². The van der Waals surface area contributed by atoms with Crippen molar-refractivity contribution in [3.63, 3.8) is 0 Å². The number of amides is 1. The van der Waals surface area contributed by atoms with Crippen molar-refractivity contribution in [2.24, 2.45) is 0 Å². The summed E-state index contributed by atoms with van der Waals surface area (Å²) in [6.07, 6.45) is 5.14. The van der Waals surface area contributed by atoms with Crippen LogP contribution >= 0.6 is 0 Å². The van der Waals surface area contributed by atoms with Crippen LogP contribution in [0, 0.1) is 24.0 Å². The van der Waals surface area contributed by atoms with Crippen LogP contribution in [0.25, 0.3) is 0 Å². The normalized spacial score (nSPS) is 14.3. The second kappa shape index (κ2) is 9.51. The molecule has 0 aliphatic heterocycles. The van der Waals surface area contributed by atoms with Gasteiger partial charge in [-0.1, -0.05) is 37.5 Å². The molecule has 30 heavy (non-hydrogen) atoms. The van der Waals surface area contributed by atoms with Gasteiger partial charge in [-0.25, -0.2) is 0 Å². The number of esters is 1. The second-order valence-corrected chi connectivity index (χ2v) is 7.49. The molecule has 0 atom stereocenters. The van der Waals surface area contributed by atoms with E-state index in [9.17, 15) is 19.7 Å². The molecule has 1 aromatic carbocycles. The summed E-state index contributed by atoms with van der Waals surface area (Å²) in [6.45, 7) is 2.36. The average Bonchev–Trinajstić information content (AvgIpc) is 3.01. The highest BCUT2D eigenvalue weighted by molar-refractivity contribution is 5.95. The zero-order chi connectivity index (χ0) is 21.7. The van der Waals surface area contributed by atoms with Gasteiger partial charge in [0, 0.05) is 11.7 Å². The third-order valence-corrected chi connectivity index (χ3v) is 5.40. The summed E-state index contributed by atoms with van der Waals surface area (Å²) in [4.78, 5) is 37.5. The summed E-state index contributed by atoms with van der Waals surface area (Å²) >= 11 is 0. The van der Waals surface area contributed by atoms with Gasteiger partial charge >= 0.3 is 11.7 Å². The van der Waals surface area contributed by atoms with E-state index in [1.165, 1.54) is 18.5 Å². The van der Waals surface area contributed by atoms with E-state index in [0.717, 1.165) is 37.8 Å². The minimum Gasteiger partial charge on any atom is -0.454 e. The number of carbonyl (C=O) groups excluding carboxylic acids is 2. The maximum Gasteiger partial charge on any atom is 0.328 e. The number of aryl methyl sites for hydroxylation is 1. The third-order valence-electron chi connectivity index (χ3n) is 5.40. The highest BCUT2D eigenvalue weighted by Crippen LogP contribution is 2.27. The molecule has 9 heteroatoms. The van der Waals surface area contributed by atoms with Crippen molar-refractivity contribution in [1.29, 1.82) is 0 Å². The molecule has 1 amide bonds. The lowest BCUT2D eigenvalue weighted by atomic mass is 9.93. The lowest BCUT2D eigenvalue weighted by molar-refractivity contribution is -0.386. The number of rotatable bonds is 7. The first-order valence-corrected chi connectivity index (χ1v) is 10.1. The highest BCUT2D eigenvalue weighted by Gasteiger charge is 2.28. The van der Waals surface area contributed by atoms with Crippen LogP contribution in [0.2, 0.25) is 0 Å². The zero-order valence-electron chi connectivity index (χ0n) is 17.2. The number of ether oxygens (including phenoxy) is 1. The highest BCUT2D eigenvalue weighted by atomic mass is 16.6. The fourth-order valence-electron chi connectivity index (χ4n) is 3.97. The Bertz CT molecular complexity index is 919. The van der Waals surface area contributed by atoms with Gasteiger partial charge in [-0.05, 0) is 38.8 Å². The molecule has 1 fully saturated rings. The molecular weight excluding hydrogens is 388 g/mol. The maximum atomic E-state index is 13.0. The van der Waals surface area contributed by atoms with Crippen LogP contribution in [0.1, 0.15) is 43.5 Å². The Morgan fingerprint density at radius 2 is 1.87 bits per heavy atom.